The smallest absolute Gasteiger partial charge is 0.427 e. The third-order valence-corrected chi connectivity index (χ3v) is 4.72. The maximum absolute atomic E-state index is 11.1. The summed E-state index contributed by atoms with van der Waals surface area (Å²) in [6.07, 6.45) is 1.00. The molecule has 0 radical (unpaired) electrons. The number of hydrogen-bond donors (Lipinski definition) is 0. The Labute approximate surface area is 122 Å². The highest BCUT2D eigenvalue weighted by Gasteiger charge is 2.14. The molecule has 0 aromatic heterocycles. The minimum atomic E-state index is -3.97. The lowest BCUT2D eigenvalue weighted by molar-refractivity contribution is -0.211. The molecule has 1 aromatic carbocycles. The first kappa shape index (κ1) is 15.5. The number of allylic oxidation sites excluding steroid dienone is 1. The van der Waals surface area contributed by atoms with Crippen molar-refractivity contribution in [1.82, 2.24) is 0 Å². The van der Waals surface area contributed by atoms with Gasteiger partial charge in [0.25, 0.3) is 0 Å². The molecule has 0 N–H and O–H groups in total. The zero-order chi connectivity index (χ0) is 15.7. The molecule has 0 aliphatic carbocycles. The molecule has 0 unspecified atom stereocenters. The van der Waals surface area contributed by atoms with Gasteiger partial charge in [-0.25, -0.2) is 8.42 Å². The van der Waals surface area contributed by atoms with Crippen LogP contribution in [0, 0.1) is 0 Å². The summed E-state index contributed by atoms with van der Waals surface area (Å²) in [7, 11) is -7.25. The Hall–Kier alpha value is -1.91. The zero-order valence-corrected chi connectivity index (χ0v) is 12.4. The minimum Gasteiger partial charge on any atom is -0.858 e. The number of fused-ring (bicyclic) bond motifs is 1. The predicted octanol–water partition coefficient (Wildman–Crippen LogP) is 0.187. The van der Waals surface area contributed by atoms with E-state index in [1.165, 1.54) is 6.92 Å². The Bertz CT molecular complexity index is 824. The van der Waals surface area contributed by atoms with Crippen LogP contribution in [0.4, 0.5) is 0 Å². The highest BCUT2D eigenvalue weighted by Crippen LogP contribution is 2.30. The van der Waals surface area contributed by atoms with Crippen molar-refractivity contribution in [1.29, 1.82) is 0 Å². The molecule has 0 fully saturated rings. The summed E-state index contributed by atoms with van der Waals surface area (Å²) in [6.45, 7) is 1.67. The van der Waals surface area contributed by atoms with Gasteiger partial charge in [0, 0.05) is 10.8 Å². The fraction of sp³-hybridized carbons (Fsp3) is 0.182. The first-order valence-electron chi connectivity index (χ1n) is 5.61. The van der Waals surface area contributed by atoms with Crippen molar-refractivity contribution in [2.45, 2.75) is 18.4 Å². The van der Waals surface area contributed by atoms with Gasteiger partial charge in [-0.15, -0.1) is 10.9 Å². The van der Waals surface area contributed by atoms with Crippen LogP contribution in [0.1, 0.15) is 12.5 Å². The summed E-state index contributed by atoms with van der Waals surface area (Å²) in [5, 5.41) is 10.4. The molecular formula is C11H10N2O6S2-2. The molecule has 114 valence electrons. The number of hydrogen-bond acceptors (Lipinski definition) is 6. The molecule has 21 heavy (non-hydrogen) atoms. The molecule has 1 aromatic rings. The lowest BCUT2D eigenvalue weighted by Crippen LogP contribution is -2.21. The van der Waals surface area contributed by atoms with Crippen molar-refractivity contribution in [2.24, 2.45) is 4.40 Å². The van der Waals surface area contributed by atoms with Gasteiger partial charge in [-0.05, 0) is 19.1 Å². The van der Waals surface area contributed by atoms with Crippen LogP contribution < -0.4 is 5.11 Å². The summed E-state index contributed by atoms with van der Waals surface area (Å²) in [6, 6.07) is 6.89. The molecule has 10 heteroatoms. The molecule has 2 aliphatic heterocycles. The molecule has 2 heterocycles. The lowest BCUT2D eigenvalue weighted by atomic mass is 10.2. The van der Waals surface area contributed by atoms with Gasteiger partial charge in [0.2, 0.25) is 0 Å². The van der Waals surface area contributed by atoms with Crippen molar-refractivity contribution < 1.29 is 26.1 Å². The average molecular weight is 330 g/mol. The van der Waals surface area contributed by atoms with E-state index in [0.717, 1.165) is 11.6 Å². The van der Waals surface area contributed by atoms with Crippen LogP contribution in [0.25, 0.3) is 4.72 Å². The lowest BCUT2D eigenvalue weighted by Gasteiger charge is -2.12. The summed E-state index contributed by atoms with van der Waals surface area (Å²) < 4.78 is 53.4. The largest absolute Gasteiger partial charge is 0.858 e. The standard InChI is InChI=1S/C7H6NO2S.C4H5NO4S/c9-11(10)7-4-2-1-3-6(7)5-8-11;1-3-2-4(6)5-10(7,8)9-3/h1-4H,5H2;2H,1H3,(H,5,6)/q-1;/p-1. The van der Waals surface area contributed by atoms with E-state index >= 15 is 0 Å². The van der Waals surface area contributed by atoms with Crippen molar-refractivity contribution in [3.8, 4) is 0 Å². The maximum Gasteiger partial charge on any atom is 0.427 e. The molecule has 0 atom stereocenters. The topological polar surface area (TPSA) is 127 Å². The number of rotatable bonds is 0. The second-order valence-electron chi connectivity index (χ2n) is 4.07. The van der Waals surface area contributed by atoms with E-state index in [4.69, 9.17) is 0 Å². The summed E-state index contributed by atoms with van der Waals surface area (Å²) >= 11 is 0. The van der Waals surface area contributed by atoms with Gasteiger partial charge in [0.15, 0.2) is 0 Å². The molecule has 2 aliphatic rings. The molecule has 3 rings (SSSR count). The predicted molar refractivity (Wildman–Crippen MR) is 71.9 cm³/mol. The highest BCUT2D eigenvalue weighted by molar-refractivity contribution is 7.94. The van der Waals surface area contributed by atoms with Crippen molar-refractivity contribution in [3.63, 3.8) is 0 Å². The maximum atomic E-state index is 11.1. The number of sulfonamides is 1. The van der Waals surface area contributed by atoms with Gasteiger partial charge in [-0.2, -0.15) is 8.42 Å². The molecule has 0 saturated heterocycles. The Morgan fingerprint density at radius 2 is 1.90 bits per heavy atom. The first-order chi connectivity index (χ1) is 9.70. The van der Waals surface area contributed by atoms with E-state index < -0.39 is 26.2 Å². The molecule has 0 amide bonds. The fourth-order valence-corrected chi connectivity index (χ4v) is 3.48. The number of nitrogens with zero attached hydrogens (tertiary/aromatic N) is 2. The van der Waals surface area contributed by atoms with Crippen LogP contribution in [-0.4, -0.2) is 22.7 Å². The summed E-state index contributed by atoms with van der Waals surface area (Å²) in [5.41, 5.74) is 0.799. The molecule has 8 nitrogen and oxygen atoms in total. The van der Waals surface area contributed by atoms with Gasteiger partial charge >= 0.3 is 10.3 Å². The minimum absolute atomic E-state index is 0.0417. The summed E-state index contributed by atoms with van der Waals surface area (Å²) in [4.78, 5) is 0.361. The van der Waals surface area contributed by atoms with E-state index in [9.17, 15) is 21.9 Å². The molecule has 0 spiro atoms. The van der Waals surface area contributed by atoms with Gasteiger partial charge in [-0.1, -0.05) is 23.8 Å². The van der Waals surface area contributed by atoms with E-state index in [1.807, 2.05) is 6.07 Å². The van der Waals surface area contributed by atoms with Crippen LogP contribution in [0.5, 0.6) is 0 Å². The van der Waals surface area contributed by atoms with Crippen molar-refractivity contribution in [3.05, 3.63) is 46.4 Å². The van der Waals surface area contributed by atoms with Crippen LogP contribution in [-0.2, 0) is 31.1 Å². The SMILES string of the molecule is CC1=CC([O-])=NS(=O)(=O)O1.O=S1(=O)[N-]Cc2ccccc21. The van der Waals surface area contributed by atoms with E-state index in [0.29, 0.717) is 11.4 Å². The molecular weight excluding hydrogens is 320 g/mol. The van der Waals surface area contributed by atoms with E-state index in [-0.39, 0.29) is 5.76 Å². The zero-order valence-electron chi connectivity index (χ0n) is 10.8. The summed E-state index contributed by atoms with van der Waals surface area (Å²) in [5.74, 6) is -0.760. The number of benzene rings is 1. The Morgan fingerprint density at radius 3 is 2.48 bits per heavy atom. The van der Waals surface area contributed by atoms with Gasteiger partial charge in [0.1, 0.15) is 15.8 Å². The third kappa shape index (κ3) is 3.80. The normalized spacial score (nSPS) is 21.0. The molecule has 0 saturated carbocycles. The van der Waals surface area contributed by atoms with Crippen LogP contribution >= 0.6 is 0 Å². The fourth-order valence-electron chi connectivity index (χ4n) is 1.63. The van der Waals surface area contributed by atoms with Crippen LogP contribution in [0.2, 0.25) is 0 Å². The second-order valence-corrected chi connectivity index (χ2v) is 6.92. The van der Waals surface area contributed by atoms with Crippen molar-refractivity contribution >= 4 is 26.2 Å². The van der Waals surface area contributed by atoms with Gasteiger partial charge in [0.05, 0.1) is 0 Å². The quantitative estimate of drug-likeness (QED) is 0.668. The third-order valence-electron chi connectivity index (χ3n) is 2.42. The van der Waals surface area contributed by atoms with Crippen LogP contribution in [0.15, 0.2) is 45.4 Å². The second kappa shape index (κ2) is 5.47. The average Bonchev–Trinajstić information content (AvgIpc) is 2.64. The van der Waals surface area contributed by atoms with Gasteiger partial charge < -0.3 is 14.0 Å². The Balaban J connectivity index is 0.000000155. The van der Waals surface area contributed by atoms with E-state index in [1.54, 1.807) is 18.2 Å². The van der Waals surface area contributed by atoms with Crippen molar-refractivity contribution in [2.75, 3.05) is 0 Å². The monoisotopic (exact) mass is 330 g/mol. The molecule has 0 bridgehead atoms. The first-order valence-corrected chi connectivity index (χ1v) is 8.41. The Kier molecular flexibility index (Phi) is 4.03. The highest BCUT2D eigenvalue weighted by atomic mass is 32.2. The van der Waals surface area contributed by atoms with Crippen LogP contribution in [0.3, 0.4) is 0 Å². The van der Waals surface area contributed by atoms with E-state index in [2.05, 4.69) is 13.3 Å². The van der Waals surface area contributed by atoms with Gasteiger partial charge in [-0.3, -0.25) is 0 Å². The Morgan fingerprint density at radius 1 is 1.24 bits per heavy atom.